The molecule has 4 rings (SSSR count). The van der Waals surface area contributed by atoms with E-state index in [9.17, 15) is 24.0 Å². The molecule has 1 heterocycles. The molecule has 204 valence electrons. The van der Waals surface area contributed by atoms with E-state index in [0.717, 1.165) is 17.7 Å². The van der Waals surface area contributed by atoms with Gasteiger partial charge in [-0.3, -0.25) is 19.2 Å². The van der Waals surface area contributed by atoms with Gasteiger partial charge in [0.2, 0.25) is 0 Å². The van der Waals surface area contributed by atoms with Crippen LogP contribution in [0, 0.1) is 0 Å². The maximum atomic E-state index is 13.2. The number of amides is 3. The number of carbonyl (C=O) groups excluding carboxylic acids is 5. The lowest BCUT2D eigenvalue weighted by molar-refractivity contribution is -0.120. The molecular weight excluding hydrogens is 534 g/mol. The highest BCUT2D eigenvalue weighted by molar-refractivity contribution is 6.53. The van der Waals surface area contributed by atoms with Crippen molar-refractivity contribution >= 4 is 58.1 Å². The van der Waals surface area contributed by atoms with Crippen molar-refractivity contribution in [2.75, 3.05) is 22.1 Å². The number of ketones is 1. The second kappa shape index (κ2) is 12.4. The van der Waals surface area contributed by atoms with E-state index in [1.807, 2.05) is 6.92 Å². The van der Waals surface area contributed by atoms with Gasteiger partial charge in [-0.2, -0.15) is 0 Å². The van der Waals surface area contributed by atoms with E-state index in [-0.39, 0.29) is 39.9 Å². The molecule has 10 heteroatoms. The molecule has 0 spiro atoms. The molecule has 3 aromatic rings. The van der Waals surface area contributed by atoms with E-state index >= 15 is 0 Å². The minimum absolute atomic E-state index is 0.0826. The quantitative estimate of drug-likeness (QED) is 0.145. The molecule has 0 saturated heterocycles. The standard InChI is InChI=1S/C30H26ClN3O6/c1-3-4-15-40-30(39)21-8-6-10-24(17-21)34-28(37)25(31)26(29(34)38)32-23-9-5-7-20(16-23)27(36)33-22-13-11-19(12-14-22)18(2)35/h5-14,16-17,32H,3-4,15H2,1-2H3,(H,33,36). The third kappa shape index (κ3) is 6.27. The summed E-state index contributed by atoms with van der Waals surface area (Å²) in [5, 5.41) is 5.26. The fraction of sp³-hybridized carbons (Fsp3) is 0.167. The monoisotopic (exact) mass is 559 g/mol. The third-order valence-corrected chi connectivity index (χ3v) is 6.39. The molecule has 1 aliphatic heterocycles. The smallest absolute Gasteiger partial charge is 0.338 e. The predicted molar refractivity (Wildman–Crippen MR) is 151 cm³/mol. The highest BCUT2D eigenvalue weighted by Crippen LogP contribution is 2.31. The SMILES string of the molecule is CCCCOC(=O)c1cccc(N2C(=O)C(Cl)=C(Nc3cccc(C(=O)Nc4ccc(C(C)=O)cc4)c3)C2=O)c1. The first kappa shape index (κ1) is 28.3. The molecule has 3 amide bonds. The normalized spacial score (nSPS) is 12.9. The summed E-state index contributed by atoms with van der Waals surface area (Å²) >= 11 is 6.26. The van der Waals surface area contributed by atoms with Gasteiger partial charge in [-0.15, -0.1) is 0 Å². The molecule has 0 saturated carbocycles. The van der Waals surface area contributed by atoms with Gasteiger partial charge >= 0.3 is 5.97 Å². The van der Waals surface area contributed by atoms with Crippen LogP contribution in [0.3, 0.4) is 0 Å². The van der Waals surface area contributed by atoms with Crippen LogP contribution in [0.5, 0.6) is 0 Å². The Kier molecular flexibility index (Phi) is 8.76. The first-order valence-corrected chi connectivity index (χ1v) is 12.9. The second-order valence-electron chi connectivity index (χ2n) is 8.97. The number of hydrogen-bond donors (Lipinski definition) is 2. The number of halogens is 1. The fourth-order valence-electron chi connectivity index (χ4n) is 3.88. The minimum atomic E-state index is -0.756. The number of imide groups is 1. The number of Topliss-reactive ketones (excluding diaryl/α,β-unsaturated/α-hetero) is 1. The van der Waals surface area contributed by atoms with Crippen LogP contribution in [0.1, 0.15) is 57.8 Å². The van der Waals surface area contributed by atoms with Gasteiger partial charge in [-0.1, -0.05) is 37.1 Å². The summed E-state index contributed by atoms with van der Waals surface area (Å²) in [5.41, 5.74) is 1.85. The molecule has 2 N–H and O–H groups in total. The van der Waals surface area contributed by atoms with Gasteiger partial charge in [0.05, 0.1) is 17.9 Å². The van der Waals surface area contributed by atoms with Crippen LogP contribution in [-0.2, 0) is 14.3 Å². The van der Waals surface area contributed by atoms with E-state index in [4.69, 9.17) is 16.3 Å². The fourth-order valence-corrected chi connectivity index (χ4v) is 4.10. The van der Waals surface area contributed by atoms with Crippen molar-refractivity contribution in [3.05, 3.63) is 100 Å². The summed E-state index contributed by atoms with van der Waals surface area (Å²) in [7, 11) is 0. The summed E-state index contributed by atoms with van der Waals surface area (Å²) in [5.74, 6) is -2.53. The van der Waals surface area contributed by atoms with Crippen molar-refractivity contribution < 1.29 is 28.7 Å². The zero-order chi connectivity index (χ0) is 28.8. The van der Waals surface area contributed by atoms with Gasteiger partial charge in [-0.05, 0) is 74.0 Å². The molecule has 0 unspecified atom stereocenters. The number of esters is 1. The van der Waals surface area contributed by atoms with Crippen LogP contribution in [-0.4, -0.2) is 36.1 Å². The van der Waals surface area contributed by atoms with Gasteiger partial charge in [0, 0.05) is 22.5 Å². The number of hydrogen-bond acceptors (Lipinski definition) is 7. The van der Waals surface area contributed by atoms with E-state index in [1.54, 1.807) is 48.5 Å². The average Bonchev–Trinajstić information content (AvgIpc) is 3.16. The number of ether oxygens (including phenoxy) is 1. The Balaban J connectivity index is 1.48. The van der Waals surface area contributed by atoms with Gasteiger partial charge in [-0.25, -0.2) is 9.69 Å². The molecule has 3 aromatic carbocycles. The molecule has 0 bridgehead atoms. The first-order chi connectivity index (χ1) is 19.2. The Hall–Kier alpha value is -4.76. The Bertz CT molecular complexity index is 1530. The molecule has 0 radical (unpaired) electrons. The highest BCUT2D eigenvalue weighted by Gasteiger charge is 2.39. The van der Waals surface area contributed by atoms with Crippen molar-refractivity contribution in [2.24, 2.45) is 0 Å². The van der Waals surface area contributed by atoms with E-state index in [1.165, 1.54) is 31.2 Å². The number of carbonyl (C=O) groups is 5. The zero-order valence-corrected chi connectivity index (χ0v) is 22.6. The molecule has 1 aliphatic rings. The number of rotatable bonds is 10. The molecular formula is C30H26ClN3O6. The minimum Gasteiger partial charge on any atom is -0.462 e. The lowest BCUT2D eigenvalue weighted by Crippen LogP contribution is -2.32. The zero-order valence-electron chi connectivity index (χ0n) is 21.8. The Morgan fingerprint density at radius 2 is 1.55 bits per heavy atom. The maximum absolute atomic E-state index is 13.2. The Morgan fingerprint density at radius 1 is 0.850 bits per heavy atom. The second-order valence-corrected chi connectivity index (χ2v) is 9.35. The van der Waals surface area contributed by atoms with E-state index < -0.39 is 23.7 Å². The predicted octanol–water partition coefficient (Wildman–Crippen LogP) is 5.53. The summed E-state index contributed by atoms with van der Waals surface area (Å²) in [6.45, 7) is 3.70. The van der Waals surface area contributed by atoms with Gasteiger partial charge < -0.3 is 15.4 Å². The summed E-state index contributed by atoms with van der Waals surface area (Å²) in [6, 6.07) is 18.8. The molecule has 0 atom stereocenters. The average molecular weight is 560 g/mol. The lowest BCUT2D eigenvalue weighted by atomic mass is 10.1. The van der Waals surface area contributed by atoms with Crippen LogP contribution < -0.4 is 15.5 Å². The van der Waals surface area contributed by atoms with Crippen molar-refractivity contribution in [3.8, 4) is 0 Å². The van der Waals surface area contributed by atoms with Gasteiger partial charge in [0.1, 0.15) is 10.7 Å². The number of anilines is 3. The summed E-state index contributed by atoms with van der Waals surface area (Å²) in [6.07, 6.45) is 1.59. The highest BCUT2D eigenvalue weighted by atomic mass is 35.5. The van der Waals surface area contributed by atoms with Crippen LogP contribution in [0.4, 0.5) is 17.1 Å². The molecule has 40 heavy (non-hydrogen) atoms. The van der Waals surface area contributed by atoms with Crippen molar-refractivity contribution in [2.45, 2.75) is 26.7 Å². The third-order valence-electron chi connectivity index (χ3n) is 6.04. The van der Waals surface area contributed by atoms with Crippen molar-refractivity contribution in [3.63, 3.8) is 0 Å². The Labute approximate surface area is 235 Å². The summed E-state index contributed by atoms with van der Waals surface area (Å²) in [4.78, 5) is 63.7. The van der Waals surface area contributed by atoms with Crippen LogP contribution in [0.2, 0.25) is 0 Å². The molecule has 0 aliphatic carbocycles. The van der Waals surface area contributed by atoms with Gasteiger partial charge in [0.25, 0.3) is 17.7 Å². The van der Waals surface area contributed by atoms with Crippen molar-refractivity contribution in [1.29, 1.82) is 0 Å². The molecule has 0 fully saturated rings. The summed E-state index contributed by atoms with van der Waals surface area (Å²) < 4.78 is 5.22. The number of benzene rings is 3. The maximum Gasteiger partial charge on any atom is 0.338 e. The largest absolute Gasteiger partial charge is 0.462 e. The number of nitrogens with zero attached hydrogens (tertiary/aromatic N) is 1. The molecule has 0 aromatic heterocycles. The Morgan fingerprint density at radius 3 is 2.25 bits per heavy atom. The number of unbranched alkanes of at least 4 members (excludes halogenated alkanes) is 1. The first-order valence-electron chi connectivity index (χ1n) is 12.5. The van der Waals surface area contributed by atoms with Crippen molar-refractivity contribution in [1.82, 2.24) is 0 Å². The van der Waals surface area contributed by atoms with Crippen LogP contribution in [0.15, 0.2) is 83.5 Å². The van der Waals surface area contributed by atoms with E-state index in [0.29, 0.717) is 16.9 Å². The topological polar surface area (TPSA) is 122 Å². The van der Waals surface area contributed by atoms with Crippen LogP contribution in [0.25, 0.3) is 0 Å². The lowest BCUT2D eigenvalue weighted by Gasteiger charge is -2.16. The number of nitrogens with one attached hydrogen (secondary N) is 2. The molecule has 9 nitrogen and oxygen atoms in total. The van der Waals surface area contributed by atoms with Gasteiger partial charge in [0.15, 0.2) is 5.78 Å². The van der Waals surface area contributed by atoms with Crippen LogP contribution >= 0.6 is 11.6 Å². The van der Waals surface area contributed by atoms with E-state index in [2.05, 4.69) is 10.6 Å².